The number of nitrogens with zero attached hydrogens (tertiary/aromatic N) is 2. The van der Waals surface area contributed by atoms with Crippen LogP contribution in [0, 0.1) is 5.92 Å². The van der Waals surface area contributed by atoms with Crippen LogP contribution >= 0.6 is 0 Å². The number of carbonyl (C=O) groups excluding carboxylic acids is 1. The highest BCUT2D eigenvalue weighted by atomic mass is 32.2. The van der Waals surface area contributed by atoms with E-state index in [1.807, 2.05) is 0 Å². The summed E-state index contributed by atoms with van der Waals surface area (Å²) in [5.41, 5.74) is 0. The maximum atomic E-state index is 12.8. The van der Waals surface area contributed by atoms with Crippen LogP contribution < -0.4 is 5.32 Å². The first-order chi connectivity index (χ1) is 9.98. The number of carbonyl (C=O) groups is 1. The molecule has 2 atom stereocenters. The molecule has 7 heteroatoms. The number of hydrogen-bond acceptors (Lipinski definition) is 3. The van der Waals surface area contributed by atoms with Gasteiger partial charge in [-0.1, -0.05) is 6.92 Å². The van der Waals surface area contributed by atoms with Crippen molar-refractivity contribution in [2.45, 2.75) is 57.5 Å². The van der Waals surface area contributed by atoms with E-state index in [2.05, 4.69) is 12.2 Å². The molecule has 0 aromatic carbocycles. The van der Waals surface area contributed by atoms with Crippen molar-refractivity contribution < 1.29 is 13.2 Å². The number of piperidine rings is 1. The fourth-order valence-electron chi connectivity index (χ4n) is 3.31. The molecule has 0 unspecified atom stereocenters. The Hall–Kier alpha value is -0.660. The summed E-state index contributed by atoms with van der Waals surface area (Å²) < 4.78 is 28.6. The largest absolute Gasteiger partial charge is 0.352 e. The van der Waals surface area contributed by atoms with Crippen molar-refractivity contribution in [3.63, 3.8) is 0 Å². The van der Waals surface area contributed by atoms with E-state index in [0.717, 1.165) is 32.1 Å². The highest BCUT2D eigenvalue weighted by Gasteiger charge is 2.43. The van der Waals surface area contributed by atoms with E-state index in [1.165, 1.54) is 4.31 Å². The van der Waals surface area contributed by atoms with E-state index < -0.39 is 16.3 Å². The van der Waals surface area contributed by atoms with Crippen LogP contribution in [0.2, 0.25) is 0 Å². The molecule has 0 bridgehead atoms. The smallest absolute Gasteiger partial charge is 0.282 e. The van der Waals surface area contributed by atoms with Crippen LogP contribution in [0.1, 0.15) is 45.4 Å². The van der Waals surface area contributed by atoms with Crippen molar-refractivity contribution >= 4 is 16.1 Å². The Morgan fingerprint density at radius 1 is 1.10 bits per heavy atom. The molecule has 120 valence electrons. The molecule has 0 spiro atoms. The molecule has 0 radical (unpaired) electrons. The van der Waals surface area contributed by atoms with Crippen LogP contribution in [0.3, 0.4) is 0 Å². The lowest BCUT2D eigenvalue weighted by Crippen LogP contribution is -2.53. The first kappa shape index (κ1) is 15.2. The fraction of sp³-hybridized carbons (Fsp3) is 0.929. The quantitative estimate of drug-likeness (QED) is 0.830. The summed E-state index contributed by atoms with van der Waals surface area (Å²) in [5.74, 6) is 0.290. The Kier molecular flexibility index (Phi) is 4.25. The van der Waals surface area contributed by atoms with Gasteiger partial charge in [-0.2, -0.15) is 17.0 Å². The standard InChI is InChI=1S/C14H25N3O3S/c1-11-4-2-8-16(10-11)21(19,20)17-9-3-5-13(17)14(18)15-12-6-7-12/h11-13H,2-10H2,1H3,(H,15,18)/t11-,13+/m0/s1. The van der Waals surface area contributed by atoms with Crippen molar-refractivity contribution in [3.05, 3.63) is 0 Å². The lowest BCUT2D eigenvalue weighted by atomic mass is 10.0. The Morgan fingerprint density at radius 2 is 1.81 bits per heavy atom. The minimum Gasteiger partial charge on any atom is -0.352 e. The van der Waals surface area contributed by atoms with E-state index >= 15 is 0 Å². The SMILES string of the molecule is C[C@H]1CCCN(S(=O)(=O)N2CCC[C@@H]2C(=O)NC2CC2)C1. The van der Waals surface area contributed by atoms with E-state index in [1.54, 1.807) is 4.31 Å². The summed E-state index contributed by atoms with van der Waals surface area (Å²) in [6.07, 6.45) is 5.45. The Morgan fingerprint density at radius 3 is 2.48 bits per heavy atom. The molecule has 1 saturated carbocycles. The lowest BCUT2D eigenvalue weighted by Gasteiger charge is -2.34. The average Bonchev–Trinajstić information content (AvgIpc) is 3.10. The highest BCUT2D eigenvalue weighted by molar-refractivity contribution is 7.86. The summed E-state index contributed by atoms with van der Waals surface area (Å²) in [7, 11) is -3.50. The number of rotatable bonds is 4. The summed E-state index contributed by atoms with van der Waals surface area (Å²) >= 11 is 0. The molecule has 2 aliphatic heterocycles. The van der Waals surface area contributed by atoms with Gasteiger partial charge in [0.05, 0.1) is 0 Å². The highest BCUT2D eigenvalue weighted by Crippen LogP contribution is 2.28. The van der Waals surface area contributed by atoms with Gasteiger partial charge in [-0.25, -0.2) is 0 Å². The Bertz CT molecular complexity index is 504. The molecular formula is C14H25N3O3S. The van der Waals surface area contributed by atoms with Gasteiger partial charge in [0, 0.05) is 25.7 Å². The minimum absolute atomic E-state index is 0.108. The molecule has 3 aliphatic rings. The van der Waals surface area contributed by atoms with Gasteiger partial charge in [0.25, 0.3) is 10.2 Å². The first-order valence-electron chi connectivity index (χ1n) is 8.06. The zero-order valence-electron chi connectivity index (χ0n) is 12.6. The fourth-order valence-corrected chi connectivity index (χ4v) is 5.29. The van der Waals surface area contributed by atoms with Crippen molar-refractivity contribution in [3.8, 4) is 0 Å². The van der Waals surface area contributed by atoms with Gasteiger partial charge in [0.2, 0.25) is 5.91 Å². The van der Waals surface area contributed by atoms with Gasteiger partial charge < -0.3 is 5.32 Å². The van der Waals surface area contributed by atoms with Gasteiger partial charge in [-0.05, 0) is 44.4 Å². The van der Waals surface area contributed by atoms with E-state index in [4.69, 9.17) is 0 Å². The molecule has 2 heterocycles. The predicted molar refractivity (Wildman–Crippen MR) is 79.8 cm³/mol. The van der Waals surface area contributed by atoms with E-state index in [9.17, 15) is 13.2 Å². The van der Waals surface area contributed by atoms with E-state index in [0.29, 0.717) is 32.0 Å². The van der Waals surface area contributed by atoms with Gasteiger partial charge >= 0.3 is 0 Å². The van der Waals surface area contributed by atoms with Crippen LogP contribution in [0.15, 0.2) is 0 Å². The Balaban J connectivity index is 1.71. The zero-order valence-corrected chi connectivity index (χ0v) is 13.4. The molecule has 1 aliphatic carbocycles. The maximum Gasteiger partial charge on any atom is 0.282 e. The van der Waals surface area contributed by atoms with Crippen LogP contribution in [0.4, 0.5) is 0 Å². The summed E-state index contributed by atoms with van der Waals surface area (Å²) in [6, 6.07) is -0.231. The van der Waals surface area contributed by atoms with Crippen molar-refractivity contribution in [1.29, 1.82) is 0 Å². The second-order valence-corrected chi connectivity index (χ2v) is 8.55. The first-order valence-corrected chi connectivity index (χ1v) is 9.45. The van der Waals surface area contributed by atoms with Crippen LogP contribution in [-0.4, -0.2) is 54.7 Å². The Labute approximate surface area is 127 Å². The third kappa shape index (κ3) is 3.24. The number of nitrogens with one attached hydrogen (secondary N) is 1. The molecule has 1 N–H and O–H groups in total. The summed E-state index contributed by atoms with van der Waals surface area (Å²) in [5, 5.41) is 2.95. The normalized spacial score (nSPS) is 32.2. The molecule has 6 nitrogen and oxygen atoms in total. The van der Waals surface area contributed by atoms with Crippen molar-refractivity contribution in [2.24, 2.45) is 5.92 Å². The van der Waals surface area contributed by atoms with Crippen LogP contribution in [-0.2, 0) is 15.0 Å². The van der Waals surface area contributed by atoms with Gasteiger partial charge in [-0.3, -0.25) is 4.79 Å². The number of hydrogen-bond donors (Lipinski definition) is 1. The van der Waals surface area contributed by atoms with E-state index in [-0.39, 0.29) is 11.9 Å². The zero-order chi connectivity index (χ0) is 15.0. The van der Waals surface area contributed by atoms with Crippen LogP contribution in [0.5, 0.6) is 0 Å². The minimum atomic E-state index is -3.50. The molecule has 3 fully saturated rings. The van der Waals surface area contributed by atoms with Crippen molar-refractivity contribution in [2.75, 3.05) is 19.6 Å². The predicted octanol–water partition coefficient (Wildman–Crippen LogP) is 0.706. The maximum absolute atomic E-state index is 12.8. The molecule has 21 heavy (non-hydrogen) atoms. The summed E-state index contributed by atoms with van der Waals surface area (Å²) in [4.78, 5) is 12.3. The average molecular weight is 315 g/mol. The third-order valence-electron chi connectivity index (χ3n) is 4.67. The molecule has 2 saturated heterocycles. The topological polar surface area (TPSA) is 69.7 Å². The second kappa shape index (κ2) is 5.85. The van der Waals surface area contributed by atoms with Gasteiger partial charge in [0.1, 0.15) is 6.04 Å². The van der Waals surface area contributed by atoms with Gasteiger partial charge in [-0.15, -0.1) is 0 Å². The molecule has 0 aromatic heterocycles. The monoisotopic (exact) mass is 315 g/mol. The second-order valence-electron chi connectivity index (χ2n) is 6.66. The van der Waals surface area contributed by atoms with Crippen LogP contribution in [0.25, 0.3) is 0 Å². The summed E-state index contributed by atoms with van der Waals surface area (Å²) in [6.45, 7) is 3.72. The number of amides is 1. The molecular weight excluding hydrogens is 290 g/mol. The molecule has 3 rings (SSSR count). The van der Waals surface area contributed by atoms with Crippen molar-refractivity contribution in [1.82, 2.24) is 13.9 Å². The molecule has 1 amide bonds. The van der Waals surface area contributed by atoms with Gasteiger partial charge in [0.15, 0.2) is 0 Å². The molecule has 0 aromatic rings. The third-order valence-corrected chi connectivity index (χ3v) is 6.69. The lowest BCUT2D eigenvalue weighted by molar-refractivity contribution is -0.124.